The zero-order chi connectivity index (χ0) is 13.2. The van der Waals surface area contributed by atoms with Crippen molar-refractivity contribution in [3.05, 3.63) is 30.3 Å². The third kappa shape index (κ3) is 6.51. The summed E-state index contributed by atoms with van der Waals surface area (Å²) in [6.07, 6.45) is 0. The number of carbonyl (C=O) groups excluding carboxylic acids is 1. The first-order chi connectivity index (χ1) is 8.72. The molecule has 1 rings (SSSR count). The summed E-state index contributed by atoms with van der Waals surface area (Å²) in [4.78, 5) is 11.4. The molecule has 100 valence electrons. The number of ether oxygens (including phenoxy) is 1. The van der Waals surface area contributed by atoms with E-state index >= 15 is 0 Å². The summed E-state index contributed by atoms with van der Waals surface area (Å²) in [5.74, 6) is 1.14. The summed E-state index contributed by atoms with van der Waals surface area (Å²) in [7, 11) is 0. The average Bonchev–Trinajstić information content (AvgIpc) is 2.42. The molecule has 0 radical (unpaired) electrons. The summed E-state index contributed by atoms with van der Waals surface area (Å²) >= 11 is 1.44. The Morgan fingerprint density at radius 1 is 1.44 bits per heavy atom. The number of amides is 1. The molecule has 0 saturated heterocycles. The summed E-state index contributed by atoms with van der Waals surface area (Å²) in [5.41, 5.74) is 0. The van der Waals surface area contributed by atoms with Crippen LogP contribution >= 0.6 is 11.8 Å². The number of benzene rings is 1. The molecule has 1 unspecified atom stereocenters. The predicted molar refractivity (Wildman–Crippen MR) is 74.0 cm³/mol. The van der Waals surface area contributed by atoms with Gasteiger partial charge in [0.2, 0.25) is 5.91 Å². The summed E-state index contributed by atoms with van der Waals surface area (Å²) in [6.45, 7) is 2.92. The minimum absolute atomic E-state index is 0.0306. The van der Waals surface area contributed by atoms with E-state index in [1.807, 2.05) is 37.3 Å². The van der Waals surface area contributed by atoms with Crippen molar-refractivity contribution in [2.24, 2.45) is 0 Å². The Morgan fingerprint density at radius 2 is 2.17 bits per heavy atom. The molecule has 0 fully saturated rings. The second kappa shape index (κ2) is 8.83. The minimum atomic E-state index is -0.0306. The lowest BCUT2D eigenvalue weighted by Crippen LogP contribution is -2.30. The molecule has 0 saturated carbocycles. The first kappa shape index (κ1) is 14.9. The van der Waals surface area contributed by atoms with E-state index in [4.69, 9.17) is 9.84 Å². The van der Waals surface area contributed by atoms with Crippen LogP contribution in [0.1, 0.15) is 6.92 Å². The summed E-state index contributed by atoms with van der Waals surface area (Å²) < 4.78 is 5.44. The molecule has 0 aliphatic heterocycles. The third-order valence-corrected chi connectivity index (χ3v) is 3.34. The SMILES string of the molecule is CC(CO)SCC(=O)NCCOc1ccccc1. The second-order valence-electron chi connectivity index (χ2n) is 3.82. The highest BCUT2D eigenvalue weighted by Crippen LogP contribution is 2.08. The zero-order valence-electron chi connectivity index (χ0n) is 10.5. The molecule has 2 N–H and O–H groups in total. The highest BCUT2D eigenvalue weighted by molar-refractivity contribution is 8.00. The van der Waals surface area contributed by atoms with Gasteiger partial charge < -0.3 is 15.2 Å². The van der Waals surface area contributed by atoms with Gasteiger partial charge in [0.1, 0.15) is 12.4 Å². The number of para-hydroxylation sites is 1. The monoisotopic (exact) mass is 269 g/mol. The maximum absolute atomic E-state index is 11.4. The number of nitrogens with one attached hydrogen (secondary N) is 1. The van der Waals surface area contributed by atoms with Crippen LogP contribution in [0.25, 0.3) is 0 Å². The van der Waals surface area contributed by atoms with Crippen LogP contribution < -0.4 is 10.1 Å². The number of carbonyl (C=O) groups is 1. The zero-order valence-corrected chi connectivity index (χ0v) is 11.3. The Morgan fingerprint density at radius 3 is 2.83 bits per heavy atom. The number of aliphatic hydroxyl groups excluding tert-OH is 1. The molecule has 0 aliphatic carbocycles. The lowest BCUT2D eigenvalue weighted by Gasteiger charge is -2.09. The number of aliphatic hydroxyl groups is 1. The van der Waals surface area contributed by atoms with Crippen LogP contribution in [0.4, 0.5) is 0 Å². The number of rotatable bonds is 8. The van der Waals surface area contributed by atoms with Gasteiger partial charge in [-0.15, -0.1) is 11.8 Å². The Hall–Kier alpha value is -1.20. The van der Waals surface area contributed by atoms with Gasteiger partial charge >= 0.3 is 0 Å². The van der Waals surface area contributed by atoms with Crippen LogP contribution in [0.2, 0.25) is 0 Å². The van der Waals surface area contributed by atoms with Crippen LogP contribution in [0.15, 0.2) is 30.3 Å². The van der Waals surface area contributed by atoms with Crippen LogP contribution in [0.3, 0.4) is 0 Å². The topological polar surface area (TPSA) is 58.6 Å². The molecule has 0 aromatic heterocycles. The van der Waals surface area contributed by atoms with Crippen molar-refractivity contribution in [1.82, 2.24) is 5.32 Å². The van der Waals surface area contributed by atoms with E-state index in [1.165, 1.54) is 11.8 Å². The van der Waals surface area contributed by atoms with Crippen LogP contribution in [-0.2, 0) is 4.79 Å². The van der Waals surface area contributed by atoms with E-state index in [0.717, 1.165) is 5.75 Å². The summed E-state index contributed by atoms with van der Waals surface area (Å²) in [5, 5.41) is 11.7. The van der Waals surface area contributed by atoms with Crippen molar-refractivity contribution in [2.75, 3.05) is 25.5 Å². The van der Waals surface area contributed by atoms with Gasteiger partial charge in [0, 0.05) is 5.25 Å². The molecule has 4 nitrogen and oxygen atoms in total. The molecule has 5 heteroatoms. The van der Waals surface area contributed by atoms with E-state index in [-0.39, 0.29) is 17.8 Å². The third-order valence-electron chi connectivity index (χ3n) is 2.19. The molecule has 1 amide bonds. The molecule has 1 aromatic carbocycles. The first-order valence-electron chi connectivity index (χ1n) is 5.89. The molecular weight excluding hydrogens is 250 g/mol. The minimum Gasteiger partial charge on any atom is -0.492 e. The standard InChI is InChI=1S/C13H19NO3S/c1-11(9-15)18-10-13(16)14-7-8-17-12-5-3-2-4-6-12/h2-6,11,15H,7-10H2,1H3,(H,14,16). The van der Waals surface area contributed by atoms with Crippen LogP contribution in [0, 0.1) is 0 Å². The lowest BCUT2D eigenvalue weighted by atomic mass is 10.3. The van der Waals surface area contributed by atoms with Crippen molar-refractivity contribution in [3.8, 4) is 5.75 Å². The Labute approximate surface area is 112 Å². The van der Waals surface area contributed by atoms with E-state index in [9.17, 15) is 4.79 Å². The highest BCUT2D eigenvalue weighted by Gasteiger charge is 2.05. The Balaban J connectivity index is 2.05. The molecule has 18 heavy (non-hydrogen) atoms. The van der Waals surface area contributed by atoms with Crippen molar-refractivity contribution >= 4 is 17.7 Å². The average molecular weight is 269 g/mol. The predicted octanol–water partition coefficient (Wildman–Crippen LogP) is 1.30. The largest absolute Gasteiger partial charge is 0.492 e. The smallest absolute Gasteiger partial charge is 0.230 e. The van der Waals surface area contributed by atoms with Gasteiger partial charge in [0.25, 0.3) is 0 Å². The fourth-order valence-corrected chi connectivity index (χ4v) is 1.84. The van der Waals surface area contributed by atoms with Crippen LogP contribution in [-0.4, -0.2) is 41.8 Å². The maximum atomic E-state index is 11.4. The van der Waals surface area contributed by atoms with Gasteiger partial charge in [-0.25, -0.2) is 0 Å². The van der Waals surface area contributed by atoms with Crippen molar-refractivity contribution in [1.29, 1.82) is 0 Å². The normalized spacial score (nSPS) is 11.9. The summed E-state index contributed by atoms with van der Waals surface area (Å²) in [6, 6.07) is 9.48. The maximum Gasteiger partial charge on any atom is 0.230 e. The molecule has 0 heterocycles. The second-order valence-corrected chi connectivity index (χ2v) is 5.24. The van der Waals surface area contributed by atoms with E-state index in [1.54, 1.807) is 0 Å². The molecule has 1 aromatic rings. The van der Waals surface area contributed by atoms with Gasteiger partial charge in [0.05, 0.1) is 18.9 Å². The first-order valence-corrected chi connectivity index (χ1v) is 6.94. The van der Waals surface area contributed by atoms with Crippen molar-refractivity contribution < 1.29 is 14.6 Å². The lowest BCUT2D eigenvalue weighted by molar-refractivity contribution is -0.118. The van der Waals surface area contributed by atoms with Gasteiger partial charge in [0.15, 0.2) is 0 Å². The molecule has 0 bridgehead atoms. The molecule has 0 aliphatic rings. The van der Waals surface area contributed by atoms with Gasteiger partial charge in [-0.05, 0) is 12.1 Å². The van der Waals surface area contributed by atoms with E-state index in [0.29, 0.717) is 18.9 Å². The number of thioether (sulfide) groups is 1. The molecular formula is C13H19NO3S. The highest BCUT2D eigenvalue weighted by atomic mass is 32.2. The quantitative estimate of drug-likeness (QED) is 0.698. The van der Waals surface area contributed by atoms with Gasteiger partial charge in [-0.3, -0.25) is 4.79 Å². The molecule has 0 spiro atoms. The fourth-order valence-electron chi connectivity index (χ4n) is 1.20. The van der Waals surface area contributed by atoms with E-state index in [2.05, 4.69) is 5.32 Å². The van der Waals surface area contributed by atoms with E-state index < -0.39 is 0 Å². The van der Waals surface area contributed by atoms with Crippen molar-refractivity contribution in [2.45, 2.75) is 12.2 Å². The Bertz CT molecular complexity index is 345. The van der Waals surface area contributed by atoms with Gasteiger partial charge in [-0.2, -0.15) is 0 Å². The Kier molecular flexibility index (Phi) is 7.29. The van der Waals surface area contributed by atoms with Gasteiger partial charge in [-0.1, -0.05) is 25.1 Å². The number of hydrogen-bond acceptors (Lipinski definition) is 4. The molecule has 1 atom stereocenters. The number of hydrogen-bond donors (Lipinski definition) is 2. The van der Waals surface area contributed by atoms with Crippen LogP contribution in [0.5, 0.6) is 5.75 Å². The van der Waals surface area contributed by atoms with Crippen molar-refractivity contribution in [3.63, 3.8) is 0 Å². The fraction of sp³-hybridized carbons (Fsp3) is 0.462.